The predicted octanol–water partition coefficient (Wildman–Crippen LogP) is 1.86. The molecule has 9 heteroatoms. The normalized spacial score (nSPS) is 19.2. The van der Waals surface area contributed by atoms with Crippen LogP contribution in [-0.2, 0) is 9.53 Å². The molecule has 2 aromatic rings. The van der Waals surface area contributed by atoms with Gasteiger partial charge in [0.05, 0.1) is 11.8 Å². The molecule has 1 fully saturated rings. The van der Waals surface area contributed by atoms with Gasteiger partial charge in [0.1, 0.15) is 11.9 Å². The average Bonchev–Trinajstić information content (AvgIpc) is 3.16. The number of carbonyl (C=O) groups is 1. The van der Waals surface area contributed by atoms with Gasteiger partial charge >= 0.3 is 0 Å². The topological polar surface area (TPSA) is 95.1 Å². The number of nitrogens with zero attached hydrogens (tertiary/aromatic N) is 3. The largest absolute Gasteiger partial charge is 0.364 e. The third-order valence-electron chi connectivity index (χ3n) is 3.76. The Morgan fingerprint density at radius 2 is 2.17 bits per heavy atom. The molecule has 0 aromatic carbocycles. The van der Waals surface area contributed by atoms with Crippen LogP contribution in [0.2, 0.25) is 0 Å². The predicted molar refractivity (Wildman–Crippen MR) is 96.2 cm³/mol. The lowest BCUT2D eigenvalue weighted by atomic mass is 10.2. The van der Waals surface area contributed by atoms with Crippen LogP contribution in [0.3, 0.4) is 0 Å². The summed E-state index contributed by atoms with van der Waals surface area (Å²) in [6, 6.07) is 3.60. The van der Waals surface area contributed by atoms with Crippen molar-refractivity contribution in [3.05, 3.63) is 36.5 Å². The molecule has 3 rings (SSSR count). The Bertz CT molecular complexity index is 679. The highest BCUT2D eigenvalue weighted by Crippen LogP contribution is 2.23. The third-order valence-corrected chi connectivity index (χ3v) is 3.76. The molecule has 0 spiro atoms. The summed E-state index contributed by atoms with van der Waals surface area (Å²) in [5, 5.41) is 2.90. The summed E-state index contributed by atoms with van der Waals surface area (Å²) in [4.78, 5) is 20.9. The second-order valence-electron chi connectivity index (χ2n) is 5.27. The van der Waals surface area contributed by atoms with Gasteiger partial charge in [-0.3, -0.25) is 9.36 Å². The van der Waals surface area contributed by atoms with Crippen LogP contribution in [0, 0.1) is 6.92 Å². The first-order valence-corrected chi connectivity index (χ1v) is 7.30. The molecule has 24 heavy (non-hydrogen) atoms. The van der Waals surface area contributed by atoms with Crippen molar-refractivity contribution >= 4 is 36.4 Å². The van der Waals surface area contributed by atoms with Gasteiger partial charge in [-0.1, -0.05) is 0 Å². The van der Waals surface area contributed by atoms with Crippen LogP contribution in [0.15, 0.2) is 30.7 Å². The minimum absolute atomic E-state index is 0. The number of aromatic nitrogens is 3. The van der Waals surface area contributed by atoms with E-state index in [0.29, 0.717) is 24.5 Å². The summed E-state index contributed by atoms with van der Waals surface area (Å²) < 4.78 is 7.45. The number of aryl methyl sites for hydroxylation is 1. The van der Waals surface area contributed by atoms with E-state index in [4.69, 9.17) is 10.5 Å². The average molecular weight is 374 g/mol. The maximum Gasteiger partial charge on any atom is 0.253 e. The number of rotatable bonds is 4. The van der Waals surface area contributed by atoms with Gasteiger partial charge in [-0.05, 0) is 31.9 Å². The molecular formula is C15H21Cl2N5O2. The highest BCUT2D eigenvalue weighted by atomic mass is 35.5. The molecule has 132 valence electrons. The Morgan fingerprint density at radius 1 is 1.38 bits per heavy atom. The number of amides is 1. The van der Waals surface area contributed by atoms with Crippen molar-refractivity contribution in [3.8, 4) is 5.82 Å². The summed E-state index contributed by atoms with van der Waals surface area (Å²) in [7, 11) is 0. The number of ether oxygens (including phenoxy) is 1. The molecule has 0 saturated carbocycles. The molecule has 0 unspecified atom stereocenters. The van der Waals surface area contributed by atoms with Crippen molar-refractivity contribution in [1.82, 2.24) is 14.5 Å². The van der Waals surface area contributed by atoms with Gasteiger partial charge in [0, 0.05) is 25.1 Å². The van der Waals surface area contributed by atoms with E-state index in [1.807, 2.05) is 23.8 Å². The molecule has 7 nitrogen and oxygen atoms in total. The van der Waals surface area contributed by atoms with E-state index in [1.165, 1.54) is 0 Å². The number of nitrogens with one attached hydrogen (secondary N) is 1. The van der Waals surface area contributed by atoms with E-state index in [1.54, 1.807) is 18.5 Å². The monoisotopic (exact) mass is 373 g/mol. The lowest BCUT2D eigenvalue weighted by Crippen LogP contribution is -2.30. The van der Waals surface area contributed by atoms with Crippen molar-refractivity contribution in [2.24, 2.45) is 5.73 Å². The maximum absolute atomic E-state index is 12.4. The number of anilines is 1. The minimum Gasteiger partial charge on any atom is -0.364 e. The van der Waals surface area contributed by atoms with Crippen LogP contribution in [0.5, 0.6) is 0 Å². The first kappa shape index (κ1) is 20.4. The number of pyridine rings is 1. The Balaban J connectivity index is 0.00000144. The third kappa shape index (κ3) is 4.24. The summed E-state index contributed by atoms with van der Waals surface area (Å²) in [6.07, 6.45) is 6.21. The number of nitrogens with two attached hydrogens (primary N) is 1. The van der Waals surface area contributed by atoms with Gasteiger partial charge < -0.3 is 15.8 Å². The van der Waals surface area contributed by atoms with Crippen molar-refractivity contribution in [3.63, 3.8) is 0 Å². The molecule has 0 radical (unpaired) electrons. The Hall–Kier alpha value is -1.67. The van der Waals surface area contributed by atoms with Crippen molar-refractivity contribution in [2.75, 3.05) is 11.9 Å². The molecular weight excluding hydrogens is 353 g/mol. The van der Waals surface area contributed by atoms with E-state index >= 15 is 0 Å². The molecule has 3 heterocycles. The molecule has 2 aromatic heterocycles. The smallest absolute Gasteiger partial charge is 0.253 e. The maximum atomic E-state index is 12.4. The highest BCUT2D eigenvalue weighted by Gasteiger charge is 2.30. The Morgan fingerprint density at radius 3 is 2.79 bits per heavy atom. The second kappa shape index (κ2) is 8.98. The molecule has 0 bridgehead atoms. The van der Waals surface area contributed by atoms with Crippen LogP contribution in [0.4, 0.5) is 5.69 Å². The molecule has 0 aliphatic carbocycles. The summed E-state index contributed by atoms with van der Waals surface area (Å²) in [5.74, 6) is 1.27. The first-order valence-electron chi connectivity index (χ1n) is 7.30. The minimum atomic E-state index is -0.453. The molecule has 1 saturated heterocycles. The van der Waals surface area contributed by atoms with E-state index < -0.39 is 6.10 Å². The standard InChI is InChI=1S/C15H19N5O2.2ClH/c1-10-17-7-8-20(10)14-12(3-2-6-18-14)19-15(21)13-5-4-11(9-16)22-13;;/h2-3,6-8,11,13H,4-5,9,16H2,1H3,(H,19,21);2*1H/t11-,13+;;/m1../s1. The second-order valence-corrected chi connectivity index (χ2v) is 5.27. The fraction of sp³-hybridized carbons (Fsp3) is 0.400. The SMILES string of the molecule is Cc1nccn1-c1ncccc1NC(=O)[C@@H]1CC[C@H](CN)O1.Cl.Cl. The van der Waals surface area contributed by atoms with E-state index in [0.717, 1.165) is 12.2 Å². The number of imidazole rings is 1. The summed E-state index contributed by atoms with van der Waals surface area (Å²) in [6.45, 7) is 2.32. The number of hydrogen-bond donors (Lipinski definition) is 2. The van der Waals surface area contributed by atoms with Gasteiger partial charge in [-0.2, -0.15) is 0 Å². The lowest BCUT2D eigenvalue weighted by molar-refractivity contribution is -0.126. The number of carbonyl (C=O) groups excluding carboxylic acids is 1. The van der Waals surface area contributed by atoms with Crippen molar-refractivity contribution in [2.45, 2.75) is 32.0 Å². The summed E-state index contributed by atoms with van der Waals surface area (Å²) in [5.41, 5.74) is 6.21. The van der Waals surface area contributed by atoms with E-state index in [-0.39, 0.29) is 36.8 Å². The first-order chi connectivity index (χ1) is 10.7. The Kier molecular flexibility index (Phi) is 7.62. The van der Waals surface area contributed by atoms with Gasteiger partial charge in [-0.25, -0.2) is 9.97 Å². The molecule has 2 atom stereocenters. The number of hydrogen-bond acceptors (Lipinski definition) is 5. The van der Waals surface area contributed by atoms with Gasteiger partial charge in [0.15, 0.2) is 5.82 Å². The van der Waals surface area contributed by atoms with Gasteiger partial charge in [0.25, 0.3) is 5.91 Å². The zero-order chi connectivity index (χ0) is 15.5. The van der Waals surface area contributed by atoms with E-state index in [2.05, 4.69) is 15.3 Å². The van der Waals surface area contributed by atoms with Gasteiger partial charge in [0.2, 0.25) is 0 Å². The van der Waals surface area contributed by atoms with Gasteiger partial charge in [-0.15, -0.1) is 24.8 Å². The lowest BCUT2D eigenvalue weighted by Gasteiger charge is -2.15. The quantitative estimate of drug-likeness (QED) is 0.852. The van der Waals surface area contributed by atoms with Crippen molar-refractivity contribution in [1.29, 1.82) is 0 Å². The number of halogens is 2. The van der Waals surface area contributed by atoms with E-state index in [9.17, 15) is 4.79 Å². The van der Waals surface area contributed by atoms with Crippen LogP contribution >= 0.6 is 24.8 Å². The van der Waals surface area contributed by atoms with Crippen LogP contribution in [0.1, 0.15) is 18.7 Å². The molecule has 1 aliphatic rings. The molecule has 1 amide bonds. The Labute approximate surface area is 152 Å². The zero-order valence-electron chi connectivity index (χ0n) is 13.2. The van der Waals surface area contributed by atoms with Crippen LogP contribution < -0.4 is 11.1 Å². The zero-order valence-corrected chi connectivity index (χ0v) is 14.8. The molecule has 1 aliphatic heterocycles. The van der Waals surface area contributed by atoms with Crippen LogP contribution in [-0.4, -0.2) is 39.2 Å². The molecule has 3 N–H and O–H groups in total. The summed E-state index contributed by atoms with van der Waals surface area (Å²) >= 11 is 0. The fourth-order valence-corrected chi connectivity index (χ4v) is 2.57. The van der Waals surface area contributed by atoms with Crippen molar-refractivity contribution < 1.29 is 9.53 Å². The van der Waals surface area contributed by atoms with Crippen LogP contribution in [0.25, 0.3) is 5.82 Å². The highest BCUT2D eigenvalue weighted by molar-refractivity contribution is 5.95. The fourth-order valence-electron chi connectivity index (χ4n) is 2.57.